The van der Waals surface area contributed by atoms with Gasteiger partial charge in [0.15, 0.2) is 11.4 Å². The summed E-state index contributed by atoms with van der Waals surface area (Å²) in [5.41, 5.74) is 2.31. The summed E-state index contributed by atoms with van der Waals surface area (Å²) in [4.78, 5) is 18.0. The van der Waals surface area contributed by atoms with Crippen molar-refractivity contribution in [2.24, 2.45) is 5.14 Å². The second-order valence-corrected chi connectivity index (χ2v) is 10.5. The van der Waals surface area contributed by atoms with Crippen LogP contribution in [0.2, 0.25) is 0 Å². The van der Waals surface area contributed by atoms with E-state index in [1.807, 2.05) is 47.9 Å². The van der Waals surface area contributed by atoms with Gasteiger partial charge in [0.05, 0.1) is 22.8 Å². The topological polar surface area (TPSA) is 119 Å². The molecule has 0 radical (unpaired) electrons. The van der Waals surface area contributed by atoms with Crippen molar-refractivity contribution in [2.45, 2.75) is 31.1 Å². The highest BCUT2D eigenvalue weighted by Gasteiger charge is 2.32. The van der Waals surface area contributed by atoms with Gasteiger partial charge in [-0.1, -0.05) is 0 Å². The molecular formula is C22H21N7O3S2. The van der Waals surface area contributed by atoms with E-state index < -0.39 is 10.0 Å². The molecule has 1 aromatic carbocycles. The quantitative estimate of drug-likeness (QED) is 0.459. The van der Waals surface area contributed by atoms with Crippen molar-refractivity contribution in [3.05, 3.63) is 60.1 Å². The summed E-state index contributed by atoms with van der Waals surface area (Å²) in [7, 11) is -3.83. The third-order valence-electron chi connectivity index (χ3n) is 5.99. The van der Waals surface area contributed by atoms with E-state index in [1.54, 1.807) is 6.07 Å². The predicted molar refractivity (Wildman–Crippen MR) is 129 cm³/mol. The zero-order chi connectivity index (χ0) is 23.4. The van der Waals surface area contributed by atoms with Crippen LogP contribution in [0.5, 0.6) is 5.75 Å². The molecule has 6 rings (SSSR count). The number of nitrogens with two attached hydrogens (primary N) is 1. The second kappa shape index (κ2) is 7.79. The number of nitrogens with zero attached hydrogens (tertiary/aromatic N) is 6. The Morgan fingerprint density at radius 3 is 2.85 bits per heavy atom. The fraction of sp³-hybridized carbons (Fsp3) is 0.227. The molecule has 34 heavy (non-hydrogen) atoms. The van der Waals surface area contributed by atoms with E-state index in [1.165, 1.54) is 23.5 Å². The normalized spacial score (nSPS) is 17.4. The van der Waals surface area contributed by atoms with Crippen molar-refractivity contribution in [1.82, 2.24) is 19.5 Å². The van der Waals surface area contributed by atoms with E-state index in [-0.39, 0.29) is 11.1 Å². The highest BCUT2D eigenvalue weighted by molar-refractivity contribution is 7.89. The third-order valence-corrected chi connectivity index (χ3v) is 7.74. The van der Waals surface area contributed by atoms with Gasteiger partial charge in [0.2, 0.25) is 10.0 Å². The zero-order valence-corrected chi connectivity index (χ0v) is 19.8. The molecule has 174 valence electrons. The summed E-state index contributed by atoms with van der Waals surface area (Å²) < 4.78 is 31.7. The standard InChI is InChI=1S/C22H21N7O3S2/c1-14-29(18-10-16(34(23,30)31)3-4-19(18)32-14)22-26-17(13-33-22)15-2-5-20(25-11-15)28-9-8-27-7-6-24-21(27)12-28/h2-7,10-11,13-14H,8-9,12H2,1H3,(H2,23,30,31). The van der Waals surface area contributed by atoms with Crippen LogP contribution in [-0.4, -0.2) is 40.7 Å². The molecule has 4 aromatic rings. The van der Waals surface area contributed by atoms with Gasteiger partial charge in [0.1, 0.15) is 17.4 Å². The number of primary sulfonamides is 1. The van der Waals surface area contributed by atoms with E-state index in [0.29, 0.717) is 16.6 Å². The van der Waals surface area contributed by atoms with Crippen molar-refractivity contribution >= 4 is 38.0 Å². The Morgan fingerprint density at radius 2 is 2.06 bits per heavy atom. The number of anilines is 3. The van der Waals surface area contributed by atoms with Gasteiger partial charge < -0.3 is 14.2 Å². The number of benzene rings is 1. The lowest BCUT2D eigenvalue weighted by Gasteiger charge is -2.28. The molecule has 0 saturated heterocycles. The van der Waals surface area contributed by atoms with Crippen LogP contribution in [0.4, 0.5) is 16.6 Å². The molecule has 0 aliphatic carbocycles. The maximum atomic E-state index is 11.8. The second-order valence-electron chi connectivity index (χ2n) is 8.14. The van der Waals surface area contributed by atoms with Crippen LogP contribution in [-0.2, 0) is 23.1 Å². The zero-order valence-electron chi connectivity index (χ0n) is 18.2. The Bertz CT molecular complexity index is 1480. The lowest BCUT2D eigenvalue weighted by atomic mass is 10.2. The number of thiazole rings is 1. The Labute approximate surface area is 200 Å². The number of hydrogen-bond donors (Lipinski definition) is 1. The molecule has 5 heterocycles. The van der Waals surface area contributed by atoms with Crippen LogP contribution in [0.1, 0.15) is 12.7 Å². The molecular weight excluding hydrogens is 474 g/mol. The third kappa shape index (κ3) is 3.59. The molecule has 0 fully saturated rings. The average molecular weight is 496 g/mol. The van der Waals surface area contributed by atoms with Crippen LogP contribution in [0.3, 0.4) is 0 Å². The number of pyridine rings is 1. The van der Waals surface area contributed by atoms with Gasteiger partial charge >= 0.3 is 0 Å². The predicted octanol–water partition coefficient (Wildman–Crippen LogP) is 2.95. The number of ether oxygens (including phenoxy) is 1. The van der Waals surface area contributed by atoms with Crippen molar-refractivity contribution < 1.29 is 13.2 Å². The highest BCUT2D eigenvalue weighted by atomic mass is 32.2. The van der Waals surface area contributed by atoms with Crippen LogP contribution in [0.15, 0.2) is 59.2 Å². The average Bonchev–Trinajstić information content (AvgIpc) is 3.55. The molecule has 0 spiro atoms. The van der Waals surface area contributed by atoms with Gasteiger partial charge in [-0.2, -0.15) is 0 Å². The number of imidazole rings is 1. The minimum atomic E-state index is -3.83. The van der Waals surface area contributed by atoms with E-state index in [0.717, 1.165) is 42.5 Å². The van der Waals surface area contributed by atoms with E-state index in [9.17, 15) is 8.42 Å². The van der Waals surface area contributed by atoms with Crippen LogP contribution in [0.25, 0.3) is 11.3 Å². The first kappa shape index (κ1) is 21.1. The van der Waals surface area contributed by atoms with Gasteiger partial charge in [-0.05, 0) is 37.3 Å². The Kier molecular flexibility index (Phi) is 4.83. The van der Waals surface area contributed by atoms with E-state index in [4.69, 9.17) is 14.9 Å². The minimum absolute atomic E-state index is 0.0331. The number of hydrogen-bond acceptors (Lipinski definition) is 9. The number of aromatic nitrogens is 4. The SMILES string of the molecule is CC1Oc2ccc(S(N)(=O)=O)cc2N1c1nc(-c2ccc(N3CCn4ccnc4C3)nc2)cs1. The van der Waals surface area contributed by atoms with E-state index in [2.05, 4.69) is 19.4 Å². The van der Waals surface area contributed by atoms with Crippen LogP contribution < -0.4 is 19.7 Å². The first-order valence-corrected chi connectivity index (χ1v) is 13.1. The number of sulfonamides is 1. The maximum absolute atomic E-state index is 11.8. The Morgan fingerprint density at radius 1 is 1.18 bits per heavy atom. The van der Waals surface area contributed by atoms with Crippen LogP contribution >= 0.6 is 11.3 Å². The highest BCUT2D eigenvalue weighted by Crippen LogP contribution is 2.44. The molecule has 0 amide bonds. The Hall–Kier alpha value is -3.48. The maximum Gasteiger partial charge on any atom is 0.238 e. The molecule has 0 saturated carbocycles. The van der Waals surface area contributed by atoms with Gasteiger partial charge in [-0.25, -0.2) is 28.5 Å². The fourth-order valence-corrected chi connectivity index (χ4v) is 5.71. The minimum Gasteiger partial charge on any atom is -0.468 e. The van der Waals surface area contributed by atoms with Gasteiger partial charge in [0, 0.05) is 42.6 Å². The first-order valence-electron chi connectivity index (χ1n) is 10.7. The first-order chi connectivity index (χ1) is 16.4. The van der Waals surface area contributed by atoms with E-state index >= 15 is 0 Å². The van der Waals surface area contributed by atoms with Gasteiger partial charge in [0.25, 0.3) is 0 Å². The fourth-order valence-electron chi connectivity index (χ4n) is 4.25. The molecule has 2 N–H and O–H groups in total. The molecule has 12 heteroatoms. The summed E-state index contributed by atoms with van der Waals surface area (Å²) in [6.07, 6.45) is 5.32. The molecule has 1 unspecified atom stereocenters. The number of fused-ring (bicyclic) bond motifs is 2. The monoisotopic (exact) mass is 495 g/mol. The smallest absolute Gasteiger partial charge is 0.238 e. The molecule has 3 aromatic heterocycles. The van der Waals surface area contributed by atoms with Crippen LogP contribution in [0, 0.1) is 0 Å². The lowest BCUT2D eigenvalue weighted by molar-refractivity contribution is 0.256. The van der Waals surface area contributed by atoms with Gasteiger partial charge in [-0.3, -0.25) is 4.90 Å². The molecule has 2 aliphatic heterocycles. The van der Waals surface area contributed by atoms with Crippen molar-refractivity contribution in [3.63, 3.8) is 0 Å². The largest absolute Gasteiger partial charge is 0.468 e. The lowest BCUT2D eigenvalue weighted by Crippen LogP contribution is -2.34. The summed E-state index contributed by atoms with van der Waals surface area (Å²) in [5.74, 6) is 2.53. The van der Waals surface area contributed by atoms with Crippen molar-refractivity contribution in [1.29, 1.82) is 0 Å². The molecule has 10 nitrogen and oxygen atoms in total. The molecule has 0 bridgehead atoms. The van der Waals surface area contributed by atoms with Crippen molar-refractivity contribution in [2.75, 3.05) is 16.3 Å². The summed E-state index contributed by atoms with van der Waals surface area (Å²) in [5, 5.41) is 7.97. The number of rotatable bonds is 4. The summed E-state index contributed by atoms with van der Waals surface area (Å²) >= 11 is 1.45. The van der Waals surface area contributed by atoms with Gasteiger partial charge in [-0.15, -0.1) is 11.3 Å². The molecule has 2 aliphatic rings. The van der Waals surface area contributed by atoms with Crippen molar-refractivity contribution in [3.8, 4) is 17.0 Å². The molecule has 1 atom stereocenters. The summed E-state index contributed by atoms with van der Waals surface area (Å²) in [6, 6.07) is 8.60. The Balaban J connectivity index is 1.26. The summed E-state index contributed by atoms with van der Waals surface area (Å²) in [6.45, 7) is 4.38.